The molecule has 0 saturated heterocycles. The molecule has 0 aromatic heterocycles. The van der Waals surface area contributed by atoms with Crippen molar-refractivity contribution in [2.45, 2.75) is 110 Å². The summed E-state index contributed by atoms with van der Waals surface area (Å²) in [5, 5.41) is 0. The van der Waals surface area contributed by atoms with Crippen molar-refractivity contribution >= 4 is 42.3 Å². The van der Waals surface area contributed by atoms with Crippen molar-refractivity contribution < 1.29 is 16.5 Å². The molecule has 0 bridgehead atoms. The van der Waals surface area contributed by atoms with Crippen molar-refractivity contribution in [3.8, 4) is 0 Å². The van der Waals surface area contributed by atoms with Gasteiger partial charge in [-0.05, 0) is 78.1 Å². The molecule has 0 atom stereocenters. The van der Waals surface area contributed by atoms with Gasteiger partial charge in [0.1, 0.15) is 0 Å². The Balaban J connectivity index is 4.72. The first kappa shape index (κ1) is 27.9. The Morgan fingerprint density at radius 2 is 0.926 bits per heavy atom. The predicted octanol–water partition coefficient (Wildman–Crippen LogP) is 6.98. The molecular weight excluding hydrogens is 421 g/mol. The van der Waals surface area contributed by atoms with Crippen LogP contribution in [-0.2, 0) is 16.5 Å². The summed E-state index contributed by atoms with van der Waals surface area (Å²) in [6.45, 7) is 28.1. The topological polar surface area (TPSA) is 36.9 Å². The van der Waals surface area contributed by atoms with Crippen LogP contribution in [-0.4, -0.2) is 42.3 Å². The molecule has 0 fully saturated rings. The molecule has 1 radical (unpaired) electrons. The smallest absolute Gasteiger partial charge is 0.314 e. The Hall–Kier alpha value is 0.924. The quantitative estimate of drug-likeness (QED) is 0.204. The Morgan fingerprint density at radius 1 is 0.519 bits per heavy atom. The van der Waals surface area contributed by atoms with Crippen molar-refractivity contribution in [1.29, 1.82) is 0 Å². The standard InChI is InChI=1S/C18H47O4Si5/c1-13-14-15-16-17-18-24(5,6)20-26(9,10)22-27(11,12)21-25(7,8)19-23(2,3)4/h1,13-18H2,2-12H3. The molecule has 0 amide bonds. The van der Waals surface area contributed by atoms with Gasteiger partial charge in [-0.15, -0.1) is 0 Å². The second kappa shape index (κ2) is 10.8. The van der Waals surface area contributed by atoms with Gasteiger partial charge in [-0.2, -0.15) is 0 Å². The fourth-order valence-corrected chi connectivity index (χ4v) is 27.6. The van der Waals surface area contributed by atoms with Crippen molar-refractivity contribution in [1.82, 2.24) is 0 Å². The second-order valence-corrected chi connectivity index (χ2v) is 30.4. The first-order valence-electron chi connectivity index (χ1n) is 10.5. The summed E-state index contributed by atoms with van der Waals surface area (Å²) in [6.07, 6.45) is 6.12. The minimum Gasteiger partial charge on any atom is -0.437 e. The number of hydrogen-bond donors (Lipinski definition) is 0. The van der Waals surface area contributed by atoms with Crippen molar-refractivity contribution in [2.75, 3.05) is 0 Å². The molecule has 0 aromatic carbocycles. The molecule has 0 rings (SSSR count). The normalized spacial score (nSPS) is 14.7. The van der Waals surface area contributed by atoms with Gasteiger partial charge >= 0.3 is 25.7 Å². The van der Waals surface area contributed by atoms with Gasteiger partial charge in [0, 0.05) is 0 Å². The molecule has 0 saturated carbocycles. The molecule has 9 heteroatoms. The molecule has 0 spiro atoms. The first-order valence-corrected chi connectivity index (χ1v) is 25.5. The lowest BCUT2D eigenvalue weighted by molar-refractivity contribution is 0.299. The molecule has 4 nitrogen and oxygen atoms in total. The highest BCUT2D eigenvalue weighted by molar-refractivity contribution is 6.90. The zero-order chi connectivity index (χ0) is 21.6. The van der Waals surface area contributed by atoms with E-state index in [1.54, 1.807) is 0 Å². The second-order valence-electron chi connectivity index (χ2n) is 10.5. The van der Waals surface area contributed by atoms with Gasteiger partial charge in [0.15, 0.2) is 16.6 Å². The highest BCUT2D eigenvalue weighted by Crippen LogP contribution is 2.27. The summed E-state index contributed by atoms with van der Waals surface area (Å²) in [4.78, 5) is 0. The third-order valence-electron chi connectivity index (χ3n) is 3.84. The van der Waals surface area contributed by atoms with E-state index in [9.17, 15) is 0 Å². The van der Waals surface area contributed by atoms with Crippen LogP contribution < -0.4 is 0 Å². The fourth-order valence-electron chi connectivity index (χ4n) is 3.78. The van der Waals surface area contributed by atoms with E-state index in [1.807, 2.05) is 0 Å². The molecule has 27 heavy (non-hydrogen) atoms. The van der Waals surface area contributed by atoms with Gasteiger partial charge in [0.2, 0.25) is 0 Å². The lowest BCUT2D eigenvalue weighted by Crippen LogP contribution is -2.58. The zero-order valence-electron chi connectivity index (χ0n) is 20.1. The molecule has 0 aliphatic heterocycles. The first-order chi connectivity index (χ1) is 11.9. The van der Waals surface area contributed by atoms with Crippen LogP contribution in [0.5, 0.6) is 0 Å². The fraction of sp³-hybridized carbons (Fsp3) is 0.944. The van der Waals surface area contributed by atoms with Gasteiger partial charge in [-0.1, -0.05) is 39.0 Å². The number of rotatable bonds is 14. The number of unbranched alkanes of at least 4 members (excludes halogenated alkanes) is 4. The maximum absolute atomic E-state index is 6.66. The molecule has 0 aromatic rings. The Kier molecular flexibility index (Phi) is 11.2. The van der Waals surface area contributed by atoms with E-state index in [4.69, 9.17) is 16.5 Å². The monoisotopic (exact) mass is 467 g/mol. The van der Waals surface area contributed by atoms with E-state index < -0.39 is 42.3 Å². The van der Waals surface area contributed by atoms with E-state index >= 15 is 0 Å². The predicted molar refractivity (Wildman–Crippen MR) is 131 cm³/mol. The Bertz CT molecular complexity index is 434. The maximum Gasteiger partial charge on any atom is 0.314 e. The molecule has 0 unspecified atom stereocenters. The van der Waals surface area contributed by atoms with Crippen LogP contribution in [0.15, 0.2) is 0 Å². The van der Waals surface area contributed by atoms with Crippen LogP contribution >= 0.6 is 0 Å². The van der Waals surface area contributed by atoms with E-state index in [1.165, 1.54) is 31.7 Å². The minimum absolute atomic E-state index is 1.05. The molecule has 0 N–H and O–H groups in total. The van der Waals surface area contributed by atoms with Crippen LogP contribution in [0.3, 0.4) is 0 Å². The highest BCUT2D eigenvalue weighted by Gasteiger charge is 2.44. The van der Waals surface area contributed by atoms with Crippen LogP contribution in [0, 0.1) is 6.92 Å². The summed E-state index contributed by atoms with van der Waals surface area (Å²) in [5.41, 5.74) is 0. The van der Waals surface area contributed by atoms with Crippen molar-refractivity contribution in [2.24, 2.45) is 0 Å². The van der Waals surface area contributed by atoms with E-state index in [0.717, 1.165) is 6.42 Å². The lowest BCUT2D eigenvalue weighted by atomic mass is 10.2. The summed E-state index contributed by atoms with van der Waals surface area (Å²) in [5.74, 6) is 0. The molecule has 0 aliphatic rings. The van der Waals surface area contributed by atoms with Crippen LogP contribution in [0.1, 0.15) is 32.1 Å². The summed E-state index contributed by atoms with van der Waals surface area (Å²) < 4.78 is 26.1. The average Bonchev–Trinajstić information content (AvgIpc) is 2.29. The van der Waals surface area contributed by atoms with Crippen LogP contribution in [0.4, 0.5) is 0 Å². The molecule has 0 heterocycles. The third-order valence-corrected chi connectivity index (χ3v) is 21.9. The van der Waals surface area contributed by atoms with Gasteiger partial charge in [-0.3, -0.25) is 0 Å². The Labute approximate surface area is 175 Å². The van der Waals surface area contributed by atoms with Crippen molar-refractivity contribution in [3.63, 3.8) is 0 Å². The van der Waals surface area contributed by atoms with E-state index in [-0.39, 0.29) is 0 Å². The van der Waals surface area contributed by atoms with Crippen LogP contribution in [0.2, 0.25) is 78.1 Å². The minimum atomic E-state index is -2.31. The summed E-state index contributed by atoms with van der Waals surface area (Å²) >= 11 is 0. The average molecular weight is 468 g/mol. The Morgan fingerprint density at radius 3 is 1.37 bits per heavy atom. The molecule has 0 aliphatic carbocycles. The largest absolute Gasteiger partial charge is 0.437 e. The van der Waals surface area contributed by atoms with Gasteiger partial charge in [0.05, 0.1) is 0 Å². The van der Waals surface area contributed by atoms with E-state index in [2.05, 4.69) is 78.9 Å². The van der Waals surface area contributed by atoms with Gasteiger partial charge in [0.25, 0.3) is 0 Å². The van der Waals surface area contributed by atoms with Crippen LogP contribution in [0.25, 0.3) is 0 Å². The molecule has 163 valence electrons. The van der Waals surface area contributed by atoms with Gasteiger partial charge < -0.3 is 16.5 Å². The lowest BCUT2D eigenvalue weighted by Gasteiger charge is -2.42. The third kappa shape index (κ3) is 15.4. The number of hydrogen-bond acceptors (Lipinski definition) is 4. The maximum atomic E-state index is 6.66. The van der Waals surface area contributed by atoms with Crippen molar-refractivity contribution in [3.05, 3.63) is 6.92 Å². The van der Waals surface area contributed by atoms with Gasteiger partial charge in [-0.25, -0.2) is 0 Å². The summed E-state index contributed by atoms with van der Waals surface area (Å²) in [7, 11) is -10.1. The zero-order valence-corrected chi connectivity index (χ0v) is 25.1. The SMILES string of the molecule is [CH2]CCCCCC[Si](C)(C)O[Si](C)(C)O[Si](C)(C)O[Si](C)(C)O[Si](C)(C)C. The summed E-state index contributed by atoms with van der Waals surface area (Å²) in [6, 6.07) is 1.20. The molecular formula is C18H47O4Si5. The van der Waals surface area contributed by atoms with E-state index in [0.29, 0.717) is 0 Å². The highest BCUT2D eigenvalue weighted by atomic mass is 28.5.